The molecule has 1 heterocycles. The van der Waals surface area contributed by atoms with Crippen LogP contribution >= 0.6 is 12.4 Å². The number of aromatic hydroxyl groups is 1. The van der Waals surface area contributed by atoms with Gasteiger partial charge in [-0.3, -0.25) is 4.99 Å². The Hall–Kier alpha value is -1.46. The largest absolute Gasteiger partial charge is 0.504 e. The highest BCUT2D eigenvalue weighted by molar-refractivity contribution is 5.85. The molecule has 0 bridgehead atoms. The number of hydrogen-bond acceptors (Lipinski definition) is 5. The molecule has 4 N–H and O–H groups in total. The summed E-state index contributed by atoms with van der Waals surface area (Å²) < 4.78 is 5.42. The molecule has 1 aromatic carbocycles. The smallest absolute Gasteiger partial charge is 0.161 e. The van der Waals surface area contributed by atoms with Crippen molar-refractivity contribution < 1.29 is 14.9 Å². The van der Waals surface area contributed by atoms with Gasteiger partial charge < -0.3 is 20.7 Å². The molecule has 1 aromatic rings. The summed E-state index contributed by atoms with van der Waals surface area (Å²) in [5, 5.41) is 19.6. The van der Waals surface area contributed by atoms with Crippen LogP contribution in [0.1, 0.15) is 32.1 Å². The Bertz CT molecular complexity index is 468. The quantitative estimate of drug-likeness (QED) is 0.777. The molecular weight excluding hydrogens is 292 g/mol. The number of para-hydroxylation sites is 2. The third kappa shape index (κ3) is 5.81. The van der Waals surface area contributed by atoms with Crippen molar-refractivity contribution in [2.45, 2.75) is 44.2 Å². The number of aliphatic hydroxyl groups is 1. The van der Waals surface area contributed by atoms with Crippen LogP contribution in [0, 0.1) is 0 Å². The summed E-state index contributed by atoms with van der Waals surface area (Å²) in [5.41, 5.74) is 5.79. The van der Waals surface area contributed by atoms with Gasteiger partial charge in [0, 0.05) is 6.42 Å². The van der Waals surface area contributed by atoms with Gasteiger partial charge >= 0.3 is 0 Å². The van der Waals surface area contributed by atoms with Crippen LogP contribution in [-0.4, -0.2) is 34.8 Å². The van der Waals surface area contributed by atoms with Gasteiger partial charge in [0.15, 0.2) is 11.5 Å². The number of benzene rings is 1. The molecule has 0 spiro atoms. The zero-order valence-electron chi connectivity index (χ0n) is 11.9. The third-order valence-electron chi connectivity index (χ3n) is 3.41. The van der Waals surface area contributed by atoms with Gasteiger partial charge in [0.25, 0.3) is 0 Å². The summed E-state index contributed by atoms with van der Waals surface area (Å²) in [4.78, 5) is 4.42. The lowest BCUT2D eigenvalue weighted by atomic mass is 10.0. The lowest BCUT2D eigenvalue weighted by Gasteiger charge is -2.17. The molecular formula is C15H23ClN2O3. The second-order valence-electron chi connectivity index (χ2n) is 5.19. The number of hydrogen-bond donors (Lipinski definition) is 3. The first-order valence-corrected chi connectivity index (χ1v) is 7.06. The highest BCUT2D eigenvalue weighted by atomic mass is 35.5. The van der Waals surface area contributed by atoms with Crippen molar-refractivity contribution in [3.05, 3.63) is 24.3 Å². The molecule has 6 heteroatoms. The van der Waals surface area contributed by atoms with Crippen molar-refractivity contribution in [1.82, 2.24) is 0 Å². The average molecular weight is 315 g/mol. The number of nitrogens with zero attached hydrogens (tertiary/aromatic N) is 1. The molecule has 2 unspecified atom stereocenters. The van der Waals surface area contributed by atoms with Gasteiger partial charge in [-0.05, 0) is 31.4 Å². The summed E-state index contributed by atoms with van der Waals surface area (Å²) in [5.74, 6) is 1.15. The first-order chi connectivity index (χ1) is 9.65. The Kier molecular flexibility index (Phi) is 7.32. The molecule has 5 nitrogen and oxygen atoms in total. The van der Waals surface area contributed by atoms with E-state index in [1.54, 1.807) is 24.3 Å². The van der Waals surface area contributed by atoms with E-state index in [0.29, 0.717) is 18.0 Å². The molecule has 21 heavy (non-hydrogen) atoms. The second kappa shape index (κ2) is 8.74. The number of nitrogens with two attached hydrogens (primary N) is 1. The van der Waals surface area contributed by atoms with Gasteiger partial charge in [-0.2, -0.15) is 0 Å². The summed E-state index contributed by atoms with van der Waals surface area (Å²) in [6.45, 7) is 0.142. The number of aliphatic imine (C=N–C) groups is 1. The van der Waals surface area contributed by atoms with Crippen molar-refractivity contribution in [3.63, 3.8) is 0 Å². The average Bonchev–Trinajstić information content (AvgIpc) is 2.62. The van der Waals surface area contributed by atoms with Crippen LogP contribution in [-0.2, 0) is 0 Å². The second-order valence-corrected chi connectivity index (χ2v) is 5.19. The number of phenols is 1. The van der Waals surface area contributed by atoms with E-state index in [1.165, 1.54) is 0 Å². The highest BCUT2D eigenvalue weighted by Gasteiger charge is 2.17. The summed E-state index contributed by atoms with van der Waals surface area (Å²) in [7, 11) is 0. The standard InChI is InChI=1S/C15H22N2O3.ClH/c16-15-8-4-1-5-11(17-15)9-12(18)10-20-14-7-3-2-6-13(14)19;/h2-3,6-7,11-12,18-19H,1,4-5,8-10H2,(H2,16,17);1H. The lowest BCUT2D eigenvalue weighted by Crippen LogP contribution is -2.24. The van der Waals surface area contributed by atoms with Gasteiger partial charge in [-0.15, -0.1) is 12.4 Å². The molecule has 0 saturated carbocycles. The SMILES string of the molecule is Cl.NC1=NC(CC(O)COc2ccccc2O)CCCC1. The zero-order chi connectivity index (χ0) is 14.4. The number of ether oxygens (including phenoxy) is 1. The van der Waals surface area contributed by atoms with E-state index in [9.17, 15) is 10.2 Å². The Labute approximate surface area is 131 Å². The fraction of sp³-hybridized carbons (Fsp3) is 0.533. The summed E-state index contributed by atoms with van der Waals surface area (Å²) in [6, 6.07) is 6.79. The van der Waals surface area contributed by atoms with Crippen LogP contribution in [0.5, 0.6) is 11.5 Å². The molecule has 0 radical (unpaired) electrons. The molecule has 2 atom stereocenters. The van der Waals surface area contributed by atoms with E-state index >= 15 is 0 Å². The minimum absolute atomic E-state index is 0. The van der Waals surface area contributed by atoms with Crippen LogP contribution < -0.4 is 10.5 Å². The van der Waals surface area contributed by atoms with Crippen molar-refractivity contribution in [2.24, 2.45) is 10.7 Å². The van der Waals surface area contributed by atoms with Crippen molar-refractivity contribution in [3.8, 4) is 11.5 Å². The number of halogens is 1. The number of phenolic OH excluding ortho intramolecular Hbond substituents is 1. The molecule has 0 aliphatic carbocycles. The van der Waals surface area contributed by atoms with Crippen molar-refractivity contribution >= 4 is 18.2 Å². The number of amidine groups is 1. The Balaban J connectivity index is 0.00000220. The van der Waals surface area contributed by atoms with Crippen molar-refractivity contribution in [2.75, 3.05) is 6.61 Å². The van der Waals surface area contributed by atoms with E-state index in [2.05, 4.69) is 4.99 Å². The van der Waals surface area contributed by atoms with Gasteiger partial charge in [0.2, 0.25) is 0 Å². The summed E-state index contributed by atoms with van der Waals surface area (Å²) >= 11 is 0. The molecule has 118 valence electrons. The normalized spacial score (nSPS) is 19.9. The minimum atomic E-state index is -0.616. The van der Waals surface area contributed by atoms with E-state index in [1.807, 2.05) is 0 Å². The van der Waals surface area contributed by atoms with Gasteiger partial charge in [-0.25, -0.2) is 0 Å². The van der Waals surface area contributed by atoms with Crippen LogP contribution in [0.2, 0.25) is 0 Å². The van der Waals surface area contributed by atoms with Crippen LogP contribution in [0.15, 0.2) is 29.3 Å². The fourth-order valence-electron chi connectivity index (χ4n) is 2.37. The zero-order valence-corrected chi connectivity index (χ0v) is 12.8. The van der Waals surface area contributed by atoms with E-state index in [-0.39, 0.29) is 30.8 Å². The van der Waals surface area contributed by atoms with E-state index in [4.69, 9.17) is 10.5 Å². The minimum Gasteiger partial charge on any atom is -0.504 e. The molecule has 1 aliphatic heterocycles. The maximum Gasteiger partial charge on any atom is 0.161 e. The lowest BCUT2D eigenvalue weighted by molar-refractivity contribution is 0.0919. The molecule has 0 saturated heterocycles. The maximum atomic E-state index is 10.0. The first kappa shape index (κ1) is 17.6. The fourth-order valence-corrected chi connectivity index (χ4v) is 2.37. The predicted molar refractivity (Wildman–Crippen MR) is 85.4 cm³/mol. The molecule has 2 rings (SSSR count). The first-order valence-electron chi connectivity index (χ1n) is 7.06. The summed E-state index contributed by atoms with van der Waals surface area (Å²) in [6.07, 6.45) is 3.87. The van der Waals surface area contributed by atoms with Gasteiger partial charge in [-0.1, -0.05) is 18.6 Å². The highest BCUT2D eigenvalue weighted by Crippen LogP contribution is 2.25. The molecule has 0 fully saturated rings. The molecule has 1 aliphatic rings. The third-order valence-corrected chi connectivity index (χ3v) is 3.41. The number of aliphatic hydroxyl groups excluding tert-OH is 1. The maximum absolute atomic E-state index is 10.0. The van der Waals surface area contributed by atoms with Gasteiger partial charge in [0.1, 0.15) is 6.61 Å². The van der Waals surface area contributed by atoms with Gasteiger partial charge in [0.05, 0.1) is 18.0 Å². The van der Waals surface area contributed by atoms with Crippen molar-refractivity contribution in [1.29, 1.82) is 0 Å². The van der Waals surface area contributed by atoms with E-state index < -0.39 is 6.10 Å². The van der Waals surface area contributed by atoms with Crippen LogP contribution in [0.25, 0.3) is 0 Å². The topological polar surface area (TPSA) is 88.1 Å². The monoisotopic (exact) mass is 314 g/mol. The Morgan fingerprint density at radius 2 is 2.10 bits per heavy atom. The Morgan fingerprint density at radius 3 is 2.86 bits per heavy atom. The number of rotatable bonds is 5. The van der Waals surface area contributed by atoms with E-state index in [0.717, 1.165) is 25.7 Å². The Morgan fingerprint density at radius 1 is 1.33 bits per heavy atom. The molecule has 0 aromatic heterocycles. The van der Waals surface area contributed by atoms with Crippen LogP contribution in [0.3, 0.4) is 0 Å². The predicted octanol–water partition coefficient (Wildman–Crippen LogP) is 2.24. The van der Waals surface area contributed by atoms with Crippen LogP contribution in [0.4, 0.5) is 0 Å². The molecule has 0 amide bonds.